The van der Waals surface area contributed by atoms with E-state index in [2.05, 4.69) is 0 Å². The molecule has 21 heavy (non-hydrogen) atoms. The van der Waals surface area contributed by atoms with Crippen LogP contribution in [0, 0.1) is 0 Å². The predicted octanol–water partition coefficient (Wildman–Crippen LogP) is 2.26. The summed E-state index contributed by atoms with van der Waals surface area (Å²) >= 11 is 0. The highest BCUT2D eigenvalue weighted by atomic mass is 16.5. The molecule has 0 N–H and O–H groups in total. The molecule has 1 heterocycles. The minimum Gasteiger partial charge on any atom is -0.493 e. The third kappa shape index (κ3) is 3.62. The van der Waals surface area contributed by atoms with Crippen molar-refractivity contribution in [3.05, 3.63) is 29.8 Å². The molecule has 2 rings (SSSR count). The van der Waals surface area contributed by atoms with Crippen LogP contribution in [0.15, 0.2) is 24.3 Å². The van der Waals surface area contributed by atoms with Crippen LogP contribution in [-0.4, -0.2) is 37.5 Å². The maximum absolute atomic E-state index is 12.0. The first-order valence-corrected chi connectivity index (χ1v) is 6.90. The molecule has 1 fully saturated rings. The molecule has 1 aromatic rings. The van der Waals surface area contributed by atoms with E-state index in [-0.39, 0.29) is 11.8 Å². The molecule has 0 spiro atoms. The molecular weight excluding hydrogens is 270 g/mol. The van der Waals surface area contributed by atoms with Gasteiger partial charge in [-0.25, -0.2) is 0 Å². The first-order valence-electron chi connectivity index (χ1n) is 6.90. The van der Waals surface area contributed by atoms with Crippen LogP contribution < -0.4 is 9.47 Å². The lowest BCUT2D eigenvalue weighted by Gasteiger charge is -2.23. The van der Waals surface area contributed by atoms with E-state index < -0.39 is 0 Å². The number of hydrogen-bond donors (Lipinski definition) is 0. The Morgan fingerprint density at radius 1 is 1.19 bits per heavy atom. The SMILES string of the molecule is COc1ccc(/C=C\C(=O)N2CCCCC2=O)cc1OC. The van der Waals surface area contributed by atoms with Crippen molar-refractivity contribution < 1.29 is 19.1 Å². The van der Waals surface area contributed by atoms with E-state index in [9.17, 15) is 9.59 Å². The van der Waals surface area contributed by atoms with Gasteiger partial charge in [0.15, 0.2) is 11.5 Å². The van der Waals surface area contributed by atoms with Crippen molar-refractivity contribution >= 4 is 17.9 Å². The van der Waals surface area contributed by atoms with Crippen molar-refractivity contribution in [1.29, 1.82) is 0 Å². The van der Waals surface area contributed by atoms with E-state index in [1.807, 2.05) is 6.07 Å². The lowest BCUT2D eigenvalue weighted by molar-refractivity contribution is -0.143. The number of piperidine rings is 1. The van der Waals surface area contributed by atoms with E-state index in [4.69, 9.17) is 9.47 Å². The van der Waals surface area contributed by atoms with Gasteiger partial charge in [-0.05, 0) is 36.6 Å². The molecule has 0 atom stereocenters. The first-order chi connectivity index (χ1) is 10.2. The number of amides is 2. The lowest BCUT2D eigenvalue weighted by Crippen LogP contribution is -2.39. The summed E-state index contributed by atoms with van der Waals surface area (Å²) in [6.45, 7) is 0.508. The second-order valence-corrected chi connectivity index (χ2v) is 4.79. The number of benzene rings is 1. The number of rotatable bonds is 4. The van der Waals surface area contributed by atoms with E-state index in [0.29, 0.717) is 24.5 Å². The Morgan fingerprint density at radius 3 is 2.62 bits per heavy atom. The van der Waals surface area contributed by atoms with Crippen molar-refractivity contribution in [2.24, 2.45) is 0 Å². The molecule has 0 aliphatic carbocycles. The largest absolute Gasteiger partial charge is 0.493 e. The second-order valence-electron chi connectivity index (χ2n) is 4.79. The van der Waals surface area contributed by atoms with Crippen LogP contribution in [0.4, 0.5) is 0 Å². The van der Waals surface area contributed by atoms with Crippen molar-refractivity contribution in [2.75, 3.05) is 20.8 Å². The molecule has 1 aliphatic heterocycles. The van der Waals surface area contributed by atoms with Crippen molar-refractivity contribution in [3.8, 4) is 11.5 Å². The normalized spacial score (nSPS) is 15.3. The molecule has 0 unspecified atom stereocenters. The number of nitrogens with zero attached hydrogens (tertiary/aromatic N) is 1. The summed E-state index contributed by atoms with van der Waals surface area (Å²) in [4.78, 5) is 25.0. The van der Waals surface area contributed by atoms with Gasteiger partial charge in [0.05, 0.1) is 14.2 Å². The van der Waals surface area contributed by atoms with Crippen LogP contribution in [0.2, 0.25) is 0 Å². The van der Waals surface area contributed by atoms with E-state index in [1.165, 1.54) is 11.0 Å². The number of hydrogen-bond acceptors (Lipinski definition) is 4. The smallest absolute Gasteiger partial charge is 0.253 e. The lowest BCUT2D eigenvalue weighted by atomic mass is 10.1. The minimum atomic E-state index is -0.269. The number of carbonyl (C=O) groups is 2. The van der Waals surface area contributed by atoms with E-state index in [0.717, 1.165) is 18.4 Å². The molecule has 1 saturated heterocycles. The molecule has 0 aromatic heterocycles. The van der Waals surface area contributed by atoms with Gasteiger partial charge in [-0.1, -0.05) is 6.07 Å². The summed E-state index contributed by atoms with van der Waals surface area (Å²) in [6, 6.07) is 5.37. The molecule has 1 aliphatic rings. The topological polar surface area (TPSA) is 55.8 Å². The van der Waals surface area contributed by atoms with E-state index in [1.54, 1.807) is 32.4 Å². The Bertz CT molecular complexity index is 565. The summed E-state index contributed by atoms with van der Waals surface area (Å²) in [7, 11) is 3.13. The number of methoxy groups -OCH3 is 2. The zero-order valence-corrected chi connectivity index (χ0v) is 12.3. The van der Waals surface area contributed by atoms with Crippen molar-refractivity contribution in [2.45, 2.75) is 19.3 Å². The van der Waals surface area contributed by atoms with Gasteiger partial charge >= 0.3 is 0 Å². The Kier molecular flexibility index (Phi) is 4.98. The van der Waals surface area contributed by atoms with Crippen molar-refractivity contribution in [1.82, 2.24) is 4.90 Å². The van der Waals surface area contributed by atoms with Gasteiger partial charge < -0.3 is 9.47 Å². The molecule has 1 aromatic carbocycles. The van der Waals surface area contributed by atoms with Crippen LogP contribution in [-0.2, 0) is 9.59 Å². The molecule has 0 saturated carbocycles. The minimum absolute atomic E-state index is 0.0942. The molecule has 112 valence electrons. The Morgan fingerprint density at radius 2 is 1.95 bits per heavy atom. The molecule has 2 amide bonds. The van der Waals surface area contributed by atoms with Gasteiger partial charge in [-0.15, -0.1) is 0 Å². The predicted molar refractivity (Wildman–Crippen MR) is 79.2 cm³/mol. The fourth-order valence-electron chi connectivity index (χ4n) is 2.25. The zero-order chi connectivity index (χ0) is 15.2. The zero-order valence-electron chi connectivity index (χ0n) is 12.3. The molecule has 5 nitrogen and oxygen atoms in total. The third-order valence-corrected chi connectivity index (χ3v) is 3.42. The highest BCUT2D eigenvalue weighted by Crippen LogP contribution is 2.28. The number of ether oxygens (including phenoxy) is 2. The number of imide groups is 1. The van der Waals surface area contributed by atoms with Gasteiger partial charge in [-0.3, -0.25) is 14.5 Å². The number of likely N-dealkylation sites (tertiary alicyclic amines) is 1. The van der Waals surface area contributed by atoms with Crippen LogP contribution in [0.5, 0.6) is 11.5 Å². The Hall–Kier alpha value is -2.30. The summed E-state index contributed by atoms with van der Waals surface area (Å²) in [5, 5.41) is 0. The molecular formula is C16H19NO4. The summed E-state index contributed by atoms with van der Waals surface area (Å²) in [6.07, 6.45) is 5.29. The number of carbonyl (C=O) groups excluding carboxylic acids is 2. The first kappa shape index (κ1) is 15.1. The second kappa shape index (κ2) is 6.92. The summed E-state index contributed by atoms with van der Waals surface area (Å²) in [5.74, 6) is 0.867. The highest BCUT2D eigenvalue weighted by Gasteiger charge is 2.22. The monoisotopic (exact) mass is 289 g/mol. The van der Waals surface area contributed by atoms with Gasteiger partial charge in [0, 0.05) is 19.0 Å². The van der Waals surface area contributed by atoms with Crippen LogP contribution >= 0.6 is 0 Å². The third-order valence-electron chi connectivity index (χ3n) is 3.42. The van der Waals surface area contributed by atoms with Crippen LogP contribution in [0.3, 0.4) is 0 Å². The Labute approximate surface area is 124 Å². The van der Waals surface area contributed by atoms with Crippen LogP contribution in [0.25, 0.3) is 6.08 Å². The Balaban J connectivity index is 2.09. The molecule has 0 radical (unpaired) electrons. The van der Waals surface area contributed by atoms with Gasteiger partial charge in [-0.2, -0.15) is 0 Å². The van der Waals surface area contributed by atoms with Gasteiger partial charge in [0.25, 0.3) is 5.91 Å². The molecule has 0 bridgehead atoms. The molecule has 5 heteroatoms. The van der Waals surface area contributed by atoms with Gasteiger partial charge in [0.2, 0.25) is 5.91 Å². The maximum atomic E-state index is 12.0. The average Bonchev–Trinajstić information content (AvgIpc) is 2.52. The maximum Gasteiger partial charge on any atom is 0.253 e. The van der Waals surface area contributed by atoms with Crippen molar-refractivity contribution in [3.63, 3.8) is 0 Å². The van der Waals surface area contributed by atoms with Crippen LogP contribution in [0.1, 0.15) is 24.8 Å². The quantitative estimate of drug-likeness (QED) is 0.798. The summed E-state index contributed by atoms with van der Waals surface area (Å²) in [5.41, 5.74) is 0.811. The average molecular weight is 289 g/mol. The fraction of sp³-hybridized carbons (Fsp3) is 0.375. The van der Waals surface area contributed by atoms with Gasteiger partial charge in [0.1, 0.15) is 0 Å². The standard InChI is InChI=1S/C16H19NO4/c1-20-13-8-6-12(11-14(13)21-2)7-9-16(19)17-10-4-3-5-15(17)18/h6-9,11H,3-5,10H2,1-2H3/b9-7-. The fourth-order valence-corrected chi connectivity index (χ4v) is 2.25. The van der Waals surface area contributed by atoms with E-state index >= 15 is 0 Å². The summed E-state index contributed by atoms with van der Waals surface area (Å²) < 4.78 is 10.4. The highest BCUT2D eigenvalue weighted by molar-refractivity contribution is 6.03.